The van der Waals surface area contributed by atoms with Crippen LogP contribution in [0.3, 0.4) is 0 Å². The number of carbonyl (C=O) groups is 1. The SMILES string of the molecule is Cn1nc(C(=O)NCc2cccnc2-c2ccco2)ccc1=O. The fourth-order valence-corrected chi connectivity index (χ4v) is 2.11. The highest BCUT2D eigenvalue weighted by molar-refractivity contribution is 5.92. The highest BCUT2D eigenvalue weighted by Crippen LogP contribution is 2.21. The number of hydrogen-bond donors (Lipinski definition) is 1. The highest BCUT2D eigenvalue weighted by atomic mass is 16.3. The maximum Gasteiger partial charge on any atom is 0.271 e. The third-order valence-electron chi connectivity index (χ3n) is 3.28. The summed E-state index contributed by atoms with van der Waals surface area (Å²) in [4.78, 5) is 27.7. The van der Waals surface area contributed by atoms with E-state index in [1.54, 1.807) is 24.6 Å². The Morgan fingerprint density at radius 3 is 2.87 bits per heavy atom. The van der Waals surface area contributed by atoms with Crippen molar-refractivity contribution in [2.45, 2.75) is 6.54 Å². The Morgan fingerprint density at radius 2 is 2.13 bits per heavy atom. The van der Waals surface area contributed by atoms with E-state index in [0.29, 0.717) is 11.5 Å². The molecule has 0 atom stereocenters. The van der Waals surface area contributed by atoms with Crippen molar-refractivity contribution in [2.75, 3.05) is 0 Å². The number of hydrogen-bond acceptors (Lipinski definition) is 5. The van der Waals surface area contributed by atoms with E-state index in [-0.39, 0.29) is 23.7 Å². The van der Waals surface area contributed by atoms with Gasteiger partial charge in [-0.15, -0.1) is 0 Å². The van der Waals surface area contributed by atoms with Crippen molar-refractivity contribution in [3.63, 3.8) is 0 Å². The fraction of sp³-hybridized carbons (Fsp3) is 0.125. The van der Waals surface area contributed by atoms with Crippen LogP contribution in [0.15, 0.2) is 58.1 Å². The number of nitrogens with one attached hydrogen (secondary N) is 1. The number of aromatic nitrogens is 3. The number of rotatable bonds is 4. The van der Waals surface area contributed by atoms with Crippen LogP contribution < -0.4 is 10.9 Å². The molecule has 0 saturated heterocycles. The van der Waals surface area contributed by atoms with Gasteiger partial charge >= 0.3 is 0 Å². The van der Waals surface area contributed by atoms with Crippen LogP contribution in [0.1, 0.15) is 16.1 Å². The summed E-state index contributed by atoms with van der Waals surface area (Å²) in [6, 6.07) is 9.94. The van der Waals surface area contributed by atoms with Gasteiger partial charge in [-0.1, -0.05) is 6.07 Å². The standard InChI is InChI=1S/C16H14N4O3/c1-20-14(21)7-6-12(19-20)16(22)18-10-11-4-2-8-17-15(11)13-5-3-9-23-13/h2-9H,10H2,1H3,(H,18,22). The molecule has 0 bridgehead atoms. The van der Waals surface area contributed by atoms with Gasteiger partial charge in [0.15, 0.2) is 5.76 Å². The number of amides is 1. The molecule has 1 N–H and O–H groups in total. The first-order chi connectivity index (χ1) is 11.1. The van der Waals surface area contributed by atoms with Crippen LogP contribution in [-0.2, 0) is 13.6 Å². The van der Waals surface area contributed by atoms with Crippen molar-refractivity contribution < 1.29 is 9.21 Å². The Morgan fingerprint density at radius 1 is 1.26 bits per heavy atom. The first-order valence-corrected chi connectivity index (χ1v) is 6.95. The first-order valence-electron chi connectivity index (χ1n) is 6.95. The van der Waals surface area contributed by atoms with Crippen LogP contribution in [0.5, 0.6) is 0 Å². The maximum atomic E-state index is 12.1. The number of carbonyl (C=O) groups excluding carboxylic acids is 1. The second-order valence-electron chi connectivity index (χ2n) is 4.85. The number of aryl methyl sites for hydroxylation is 1. The van der Waals surface area contributed by atoms with Crippen molar-refractivity contribution in [1.82, 2.24) is 20.1 Å². The minimum absolute atomic E-state index is 0.176. The topological polar surface area (TPSA) is 90.0 Å². The van der Waals surface area contributed by atoms with Gasteiger partial charge in [-0.3, -0.25) is 14.6 Å². The van der Waals surface area contributed by atoms with E-state index in [0.717, 1.165) is 10.2 Å². The largest absolute Gasteiger partial charge is 0.463 e. The lowest BCUT2D eigenvalue weighted by molar-refractivity contribution is 0.0943. The molecule has 0 spiro atoms. The summed E-state index contributed by atoms with van der Waals surface area (Å²) < 4.78 is 6.47. The maximum absolute atomic E-state index is 12.1. The molecule has 0 fully saturated rings. The lowest BCUT2D eigenvalue weighted by atomic mass is 10.1. The summed E-state index contributed by atoms with van der Waals surface area (Å²) in [5.74, 6) is 0.268. The van der Waals surface area contributed by atoms with E-state index in [2.05, 4.69) is 15.4 Å². The lowest BCUT2D eigenvalue weighted by Gasteiger charge is -2.08. The molecule has 3 heterocycles. The fourth-order valence-electron chi connectivity index (χ4n) is 2.11. The Labute approximate surface area is 131 Å². The van der Waals surface area contributed by atoms with Crippen molar-refractivity contribution in [3.05, 3.63) is 70.5 Å². The van der Waals surface area contributed by atoms with E-state index in [9.17, 15) is 9.59 Å². The summed E-state index contributed by atoms with van der Waals surface area (Å²) in [5.41, 5.74) is 1.40. The summed E-state index contributed by atoms with van der Waals surface area (Å²) >= 11 is 0. The Bertz CT molecular complexity index is 884. The van der Waals surface area contributed by atoms with Gasteiger partial charge in [0, 0.05) is 31.4 Å². The van der Waals surface area contributed by atoms with Gasteiger partial charge < -0.3 is 9.73 Å². The van der Waals surface area contributed by atoms with Gasteiger partial charge in [-0.2, -0.15) is 5.10 Å². The minimum Gasteiger partial charge on any atom is -0.463 e. The van der Waals surface area contributed by atoms with Crippen molar-refractivity contribution in [2.24, 2.45) is 7.05 Å². The molecule has 7 heteroatoms. The van der Waals surface area contributed by atoms with E-state index in [4.69, 9.17) is 4.42 Å². The van der Waals surface area contributed by atoms with Crippen molar-refractivity contribution >= 4 is 5.91 Å². The Balaban J connectivity index is 1.77. The molecule has 0 aliphatic heterocycles. The zero-order valence-electron chi connectivity index (χ0n) is 12.4. The third-order valence-corrected chi connectivity index (χ3v) is 3.28. The molecule has 116 valence electrons. The number of furan rings is 1. The van der Waals surface area contributed by atoms with Crippen LogP contribution in [0.4, 0.5) is 0 Å². The molecule has 0 saturated carbocycles. The molecule has 3 aromatic heterocycles. The minimum atomic E-state index is -0.366. The summed E-state index contributed by atoms with van der Waals surface area (Å²) in [7, 11) is 1.50. The summed E-state index contributed by atoms with van der Waals surface area (Å²) in [6.45, 7) is 0.271. The average Bonchev–Trinajstić information content (AvgIpc) is 3.10. The molecule has 7 nitrogen and oxygen atoms in total. The molecule has 0 aromatic carbocycles. The second-order valence-corrected chi connectivity index (χ2v) is 4.85. The first kappa shape index (κ1) is 14.7. The Kier molecular flexibility index (Phi) is 4.01. The highest BCUT2D eigenvalue weighted by Gasteiger charge is 2.12. The normalized spacial score (nSPS) is 10.5. The quantitative estimate of drug-likeness (QED) is 0.786. The lowest BCUT2D eigenvalue weighted by Crippen LogP contribution is -2.28. The zero-order chi connectivity index (χ0) is 16.2. The molecule has 23 heavy (non-hydrogen) atoms. The monoisotopic (exact) mass is 310 g/mol. The molecular formula is C16H14N4O3. The zero-order valence-corrected chi connectivity index (χ0v) is 12.4. The Hall–Kier alpha value is -3.22. The van der Waals surface area contributed by atoms with E-state index in [1.165, 1.54) is 19.2 Å². The second kappa shape index (κ2) is 6.27. The smallest absolute Gasteiger partial charge is 0.271 e. The predicted molar refractivity (Wildman–Crippen MR) is 82.6 cm³/mol. The molecule has 0 unspecified atom stereocenters. The number of pyridine rings is 1. The molecule has 0 aliphatic carbocycles. The van der Waals surface area contributed by atoms with Crippen molar-refractivity contribution in [3.8, 4) is 11.5 Å². The molecule has 3 aromatic rings. The van der Waals surface area contributed by atoms with Gasteiger partial charge in [0.05, 0.1) is 6.26 Å². The molecule has 1 amide bonds. The number of nitrogens with zero attached hydrogens (tertiary/aromatic N) is 3. The van der Waals surface area contributed by atoms with Gasteiger partial charge in [0.2, 0.25) is 0 Å². The summed E-state index contributed by atoms with van der Waals surface area (Å²) in [6.07, 6.45) is 3.23. The van der Waals surface area contributed by atoms with Crippen LogP contribution >= 0.6 is 0 Å². The van der Waals surface area contributed by atoms with Crippen LogP contribution in [0.25, 0.3) is 11.5 Å². The molecule has 0 radical (unpaired) electrons. The van der Waals surface area contributed by atoms with Crippen LogP contribution in [-0.4, -0.2) is 20.7 Å². The van der Waals surface area contributed by atoms with E-state index < -0.39 is 0 Å². The average molecular weight is 310 g/mol. The third kappa shape index (κ3) is 3.18. The molecular weight excluding hydrogens is 296 g/mol. The van der Waals surface area contributed by atoms with Gasteiger partial charge in [0.1, 0.15) is 11.4 Å². The van der Waals surface area contributed by atoms with Gasteiger partial charge in [-0.25, -0.2) is 4.68 Å². The molecule has 0 aliphatic rings. The predicted octanol–water partition coefficient (Wildman–Crippen LogP) is 1.37. The van der Waals surface area contributed by atoms with Gasteiger partial charge in [-0.05, 0) is 24.3 Å². The van der Waals surface area contributed by atoms with E-state index >= 15 is 0 Å². The summed E-state index contributed by atoms with van der Waals surface area (Å²) in [5, 5.41) is 6.68. The van der Waals surface area contributed by atoms with Crippen molar-refractivity contribution in [1.29, 1.82) is 0 Å². The van der Waals surface area contributed by atoms with Crippen LogP contribution in [0, 0.1) is 0 Å². The molecule has 3 rings (SSSR count). The van der Waals surface area contributed by atoms with Crippen LogP contribution in [0.2, 0.25) is 0 Å². The van der Waals surface area contributed by atoms with Gasteiger partial charge in [0.25, 0.3) is 11.5 Å². The van der Waals surface area contributed by atoms with E-state index in [1.807, 2.05) is 12.1 Å².